The van der Waals surface area contributed by atoms with Gasteiger partial charge >= 0.3 is 6.03 Å². The zero-order valence-corrected chi connectivity index (χ0v) is 17.3. The highest BCUT2D eigenvalue weighted by Crippen LogP contribution is 2.31. The van der Waals surface area contributed by atoms with Crippen molar-refractivity contribution in [1.29, 1.82) is 0 Å². The van der Waals surface area contributed by atoms with E-state index in [1.54, 1.807) is 0 Å². The summed E-state index contributed by atoms with van der Waals surface area (Å²) in [6.45, 7) is 2.81. The molecule has 3 amide bonds. The second kappa shape index (κ2) is 9.38. The number of carbonyl (C=O) groups excluding carboxylic acids is 2. The number of hydrogen-bond donors (Lipinski definition) is 2. The van der Waals surface area contributed by atoms with Crippen LogP contribution in [0.1, 0.15) is 17.4 Å². The molecular formula is C22H22FN5O4. The molecule has 1 aliphatic rings. The highest BCUT2D eigenvalue weighted by Gasteiger charge is 2.25. The summed E-state index contributed by atoms with van der Waals surface area (Å²) in [6.07, 6.45) is 2.44. The van der Waals surface area contributed by atoms with Gasteiger partial charge in [-0.05, 0) is 43.3 Å². The minimum atomic E-state index is -0.567. The van der Waals surface area contributed by atoms with Gasteiger partial charge in [0.2, 0.25) is 0 Å². The number of nitrogens with one attached hydrogen (secondary N) is 2. The Morgan fingerprint density at radius 3 is 2.66 bits per heavy atom. The molecule has 1 atom stereocenters. The van der Waals surface area contributed by atoms with Crippen LogP contribution in [0.25, 0.3) is 5.69 Å². The van der Waals surface area contributed by atoms with Gasteiger partial charge in [-0.3, -0.25) is 14.8 Å². The molecule has 2 aromatic carbocycles. The van der Waals surface area contributed by atoms with Crippen molar-refractivity contribution in [1.82, 2.24) is 25.3 Å². The van der Waals surface area contributed by atoms with E-state index >= 15 is 0 Å². The van der Waals surface area contributed by atoms with Crippen LogP contribution in [0.3, 0.4) is 0 Å². The first-order valence-electron chi connectivity index (χ1n) is 10.1. The van der Waals surface area contributed by atoms with Gasteiger partial charge in [0, 0.05) is 12.2 Å². The summed E-state index contributed by atoms with van der Waals surface area (Å²) in [4.78, 5) is 30.7. The molecule has 1 aromatic heterocycles. The Balaban J connectivity index is 1.34. The van der Waals surface area contributed by atoms with E-state index < -0.39 is 11.9 Å². The van der Waals surface area contributed by atoms with E-state index in [4.69, 9.17) is 9.47 Å². The molecule has 0 spiro atoms. The average molecular weight is 439 g/mol. The summed E-state index contributed by atoms with van der Waals surface area (Å²) >= 11 is 0. The lowest BCUT2D eigenvalue weighted by Gasteiger charge is -2.30. The van der Waals surface area contributed by atoms with Crippen molar-refractivity contribution < 1.29 is 23.5 Å². The molecule has 0 bridgehead atoms. The van der Waals surface area contributed by atoms with Crippen LogP contribution in [0.2, 0.25) is 0 Å². The van der Waals surface area contributed by atoms with Crippen molar-refractivity contribution >= 4 is 11.9 Å². The zero-order chi connectivity index (χ0) is 22.5. The number of amides is 3. The third-order valence-electron chi connectivity index (χ3n) is 4.92. The lowest BCUT2D eigenvalue weighted by Crippen LogP contribution is -2.52. The van der Waals surface area contributed by atoms with Crippen LogP contribution in [0.4, 0.5) is 9.18 Å². The number of hydrazine groups is 1. The van der Waals surface area contributed by atoms with Crippen LogP contribution in [0.5, 0.6) is 11.5 Å². The van der Waals surface area contributed by atoms with Gasteiger partial charge in [-0.2, -0.15) is 0 Å². The predicted molar refractivity (Wildman–Crippen MR) is 113 cm³/mol. The van der Waals surface area contributed by atoms with Crippen molar-refractivity contribution in [3.05, 3.63) is 72.6 Å². The first kappa shape index (κ1) is 21.2. The quantitative estimate of drug-likeness (QED) is 0.596. The minimum Gasteiger partial charge on any atom is -0.486 e. The summed E-state index contributed by atoms with van der Waals surface area (Å²) in [5, 5.41) is 0. The van der Waals surface area contributed by atoms with E-state index in [0.29, 0.717) is 30.3 Å². The predicted octanol–water partition coefficient (Wildman–Crippen LogP) is 2.53. The van der Waals surface area contributed by atoms with Gasteiger partial charge in [0.05, 0.1) is 19.1 Å². The van der Waals surface area contributed by atoms with E-state index in [1.807, 2.05) is 31.2 Å². The topological polar surface area (TPSA) is 97.7 Å². The van der Waals surface area contributed by atoms with Crippen molar-refractivity contribution in [2.45, 2.75) is 13.0 Å². The Morgan fingerprint density at radius 1 is 1.16 bits per heavy atom. The number of carbonyl (C=O) groups is 2. The van der Waals surface area contributed by atoms with Crippen molar-refractivity contribution in [2.24, 2.45) is 0 Å². The maximum Gasteiger partial charge on any atom is 0.336 e. The lowest BCUT2D eigenvalue weighted by atomic mass is 10.2. The molecule has 2 N–H and O–H groups in total. The van der Waals surface area contributed by atoms with Crippen LogP contribution < -0.4 is 20.3 Å². The van der Waals surface area contributed by atoms with Gasteiger partial charge in [0.1, 0.15) is 18.1 Å². The van der Waals surface area contributed by atoms with E-state index in [-0.39, 0.29) is 24.2 Å². The van der Waals surface area contributed by atoms with E-state index in [2.05, 4.69) is 15.8 Å². The van der Waals surface area contributed by atoms with Gasteiger partial charge < -0.3 is 14.4 Å². The molecule has 4 rings (SSSR count). The van der Waals surface area contributed by atoms with Crippen LogP contribution in [-0.4, -0.2) is 52.2 Å². The fourth-order valence-corrected chi connectivity index (χ4v) is 3.28. The summed E-state index contributed by atoms with van der Waals surface area (Å²) in [5.41, 5.74) is 5.54. The Bertz CT molecular complexity index is 1100. The summed E-state index contributed by atoms with van der Waals surface area (Å²) < 4.78 is 26.2. The largest absolute Gasteiger partial charge is 0.486 e. The Morgan fingerprint density at radius 2 is 1.91 bits per heavy atom. The molecule has 3 aromatic rings. The first-order chi connectivity index (χ1) is 15.5. The fraction of sp³-hybridized carbons (Fsp3) is 0.227. The number of hydrogen-bond acceptors (Lipinski definition) is 5. The number of fused-ring (bicyclic) bond motifs is 1. The molecule has 0 radical (unpaired) electrons. The van der Waals surface area contributed by atoms with Gasteiger partial charge in [0.15, 0.2) is 17.6 Å². The van der Waals surface area contributed by atoms with Gasteiger partial charge in [-0.1, -0.05) is 12.1 Å². The maximum atomic E-state index is 13.2. The second-order valence-corrected chi connectivity index (χ2v) is 7.05. The van der Waals surface area contributed by atoms with Crippen LogP contribution >= 0.6 is 0 Å². The summed E-state index contributed by atoms with van der Waals surface area (Å²) in [7, 11) is 0. The number of urea groups is 1. The molecule has 32 heavy (non-hydrogen) atoms. The third kappa shape index (κ3) is 4.64. The molecule has 9 nitrogen and oxygen atoms in total. The number of ether oxygens (including phenoxy) is 2. The van der Waals surface area contributed by atoms with Gasteiger partial charge in [-0.15, -0.1) is 0 Å². The fourth-order valence-electron chi connectivity index (χ4n) is 3.28. The third-order valence-corrected chi connectivity index (χ3v) is 4.92. The van der Waals surface area contributed by atoms with Gasteiger partial charge in [0.25, 0.3) is 5.91 Å². The molecule has 0 unspecified atom stereocenters. The molecule has 0 aliphatic carbocycles. The van der Waals surface area contributed by atoms with Crippen LogP contribution in [0, 0.1) is 5.82 Å². The van der Waals surface area contributed by atoms with E-state index in [9.17, 15) is 14.0 Å². The van der Waals surface area contributed by atoms with Crippen molar-refractivity contribution in [2.75, 3.05) is 19.7 Å². The SMILES string of the molecule is CCN(C[C@H]1COc2ccccc2O1)C(=O)NNC(=O)c1cncn1-c1ccc(F)cc1. The molecule has 0 saturated carbocycles. The molecular weight excluding hydrogens is 417 g/mol. The molecule has 166 valence electrons. The Labute approximate surface area is 183 Å². The minimum absolute atomic E-state index is 0.181. The van der Waals surface area contributed by atoms with Crippen molar-refractivity contribution in [3.8, 4) is 17.2 Å². The monoisotopic (exact) mass is 439 g/mol. The van der Waals surface area contributed by atoms with Crippen LogP contribution in [0.15, 0.2) is 61.1 Å². The molecule has 0 saturated heterocycles. The number of nitrogens with zero attached hydrogens (tertiary/aromatic N) is 3. The average Bonchev–Trinajstić information content (AvgIpc) is 3.31. The highest BCUT2D eigenvalue weighted by molar-refractivity contribution is 5.94. The summed E-state index contributed by atoms with van der Waals surface area (Å²) in [5.74, 6) is 0.342. The lowest BCUT2D eigenvalue weighted by molar-refractivity contribution is 0.0665. The molecule has 2 heterocycles. The molecule has 10 heteroatoms. The highest BCUT2D eigenvalue weighted by atomic mass is 19.1. The number of para-hydroxylation sites is 2. The molecule has 1 aliphatic heterocycles. The number of imidazole rings is 1. The Kier molecular flexibility index (Phi) is 6.20. The van der Waals surface area contributed by atoms with Gasteiger partial charge in [-0.25, -0.2) is 19.6 Å². The number of rotatable bonds is 5. The Hall–Kier alpha value is -4.08. The number of halogens is 1. The molecule has 0 fully saturated rings. The number of benzene rings is 2. The smallest absolute Gasteiger partial charge is 0.336 e. The summed E-state index contributed by atoms with van der Waals surface area (Å²) in [6, 6.07) is 12.5. The normalized spacial score (nSPS) is 14.5. The first-order valence-corrected chi connectivity index (χ1v) is 10.1. The number of likely N-dealkylation sites (N-methyl/N-ethyl adjacent to an activating group) is 1. The zero-order valence-electron chi connectivity index (χ0n) is 17.3. The maximum absolute atomic E-state index is 13.2. The van der Waals surface area contributed by atoms with E-state index in [0.717, 1.165) is 0 Å². The van der Waals surface area contributed by atoms with E-state index in [1.165, 1.54) is 46.3 Å². The number of aromatic nitrogens is 2. The van der Waals surface area contributed by atoms with Crippen molar-refractivity contribution in [3.63, 3.8) is 0 Å². The standard InChI is InChI=1S/C22H22FN5O4/c1-2-27(12-17-13-31-19-5-3-4-6-20(19)32-17)22(30)26-25-21(29)18-11-24-14-28(18)16-9-7-15(23)8-10-16/h3-11,14,17H,2,12-13H2,1H3,(H,25,29)(H,26,30)/t17-/m0/s1. The van der Waals surface area contributed by atoms with Crippen LogP contribution in [-0.2, 0) is 0 Å². The second-order valence-electron chi connectivity index (χ2n) is 7.05.